The molecule has 4 nitrogen and oxygen atoms in total. The van der Waals surface area contributed by atoms with Crippen LogP contribution in [0.5, 0.6) is 0 Å². The van der Waals surface area contributed by atoms with E-state index in [2.05, 4.69) is 9.97 Å². The van der Waals surface area contributed by atoms with Crippen LogP contribution in [0.4, 0.5) is 0 Å². The van der Waals surface area contributed by atoms with E-state index in [-0.39, 0.29) is 5.63 Å². The number of para-hydroxylation sites is 1. The molecule has 0 spiro atoms. The van der Waals surface area contributed by atoms with Crippen molar-refractivity contribution in [2.45, 2.75) is 0 Å². The van der Waals surface area contributed by atoms with Gasteiger partial charge in [-0.15, -0.1) is 0 Å². The predicted octanol–water partition coefficient (Wildman–Crippen LogP) is 2.27. The van der Waals surface area contributed by atoms with Crippen molar-refractivity contribution < 1.29 is 4.42 Å². The Balaban J connectivity index is 0.000000153. The fourth-order valence-electron chi connectivity index (χ4n) is 1.26. The lowest BCUT2D eigenvalue weighted by molar-refractivity contribution is 0.561. The highest BCUT2D eigenvalue weighted by atomic mass is 16.4. The summed E-state index contributed by atoms with van der Waals surface area (Å²) >= 11 is 0. The molecule has 0 N–H and O–H groups in total. The zero-order valence-corrected chi connectivity index (χ0v) is 8.98. The van der Waals surface area contributed by atoms with Gasteiger partial charge >= 0.3 is 5.63 Å². The maximum atomic E-state index is 10.7. The summed E-state index contributed by atoms with van der Waals surface area (Å²) in [7, 11) is 0. The zero-order chi connectivity index (χ0) is 11.9. The molecular formula is C13H10N2O2. The van der Waals surface area contributed by atoms with Crippen LogP contribution in [0, 0.1) is 0 Å². The molecule has 0 atom stereocenters. The van der Waals surface area contributed by atoms with E-state index in [1.807, 2.05) is 18.2 Å². The quantitative estimate of drug-likeness (QED) is 0.552. The fraction of sp³-hybridized carbons (Fsp3) is 0. The summed E-state index contributed by atoms with van der Waals surface area (Å²) in [6.07, 6.45) is 4.88. The summed E-state index contributed by atoms with van der Waals surface area (Å²) < 4.78 is 4.91. The van der Waals surface area contributed by atoms with Gasteiger partial charge in [-0.3, -0.25) is 0 Å². The maximum absolute atomic E-state index is 10.7. The van der Waals surface area contributed by atoms with Crippen LogP contribution < -0.4 is 5.63 Å². The first kappa shape index (κ1) is 11.0. The summed E-state index contributed by atoms with van der Waals surface area (Å²) in [6.45, 7) is 0. The highest BCUT2D eigenvalue weighted by Crippen LogP contribution is 2.08. The van der Waals surface area contributed by atoms with Crippen LogP contribution >= 0.6 is 0 Å². The molecule has 3 rings (SSSR count). The minimum Gasteiger partial charge on any atom is -0.423 e. The van der Waals surface area contributed by atoms with Crippen molar-refractivity contribution in [3.8, 4) is 0 Å². The Kier molecular flexibility index (Phi) is 3.60. The first-order valence-electron chi connectivity index (χ1n) is 5.05. The van der Waals surface area contributed by atoms with E-state index in [0.717, 1.165) is 5.39 Å². The van der Waals surface area contributed by atoms with Gasteiger partial charge in [0.2, 0.25) is 0 Å². The summed E-state index contributed by atoms with van der Waals surface area (Å²) in [5.74, 6) is 0. The molecule has 1 aromatic carbocycles. The van der Waals surface area contributed by atoms with Gasteiger partial charge in [0.1, 0.15) is 11.9 Å². The van der Waals surface area contributed by atoms with Gasteiger partial charge in [0, 0.05) is 23.8 Å². The second-order valence-electron chi connectivity index (χ2n) is 3.20. The van der Waals surface area contributed by atoms with Crippen molar-refractivity contribution >= 4 is 11.0 Å². The van der Waals surface area contributed by atoms with Gasteiger partial charge in [0.25, 0.3) is 0 Å². The number of nitrogens with zero attached hydrogens (tertiary/aromatic N) is 2. The Hall–Kier alpha value is -2.49. The van der Waals surface area contributed by atoms with Crippen LogP contribution in [0.15, 0.2) is 70.4 Å². The van der Waals surface area contributed by atoms with Crippen LogP contribution in [0.25, 0.3) is 11.0 Å². The molecule has 0 amide bonds. The molecule has 2 heterocycles. The van der Waals surface area contributed by atoms with E-state index < -0.39 is 0 Å². The summed E-state index contributed by atoms with van der Waals surface area (Å²) in [5, 5.41) is 0.951. The molecule has 3 aromatic rings. The third-order valence-corrected chi connectivity index (χ3v) is 2.01. The number of benzene rings is 1. The van der Waals surface area contributed by atoms with Gasteiger partial charge in [0.15, 0.2) is 0 Å². The average molecular weight is 226 g/mol. The molecule has 2 aromatic heterocycles. The lowest BCUT2D eigenvalue weighted by Crippen LogP contribution is -1.93. The summed E-state index contributed by atoms with van der Waals surface area (Å²) in [5.41, 5.74) is 0.337. The van der Waals surface area contributed by atoms with Crippen molar-refractivity contribution in [2.24, 2.45) is 0 Å². The summed E-state index contributed by atoms with van der Waals surface area (Å²) in [6, 6.07) is 12.4. The number of aromatic nitrogens is 2. The molecule has 0 unspecified atom stereocenters. The molecular weight excluding hydrogens is 216 g/mol. The molecule has 0 bridgehead atoms. The molecule has 0 aliphatic heterocycles. The molecule has 0 saturated heterocycles. The predicted molar refractivity (Wildman–Crippen MR) is 64.5 cm³/mol. The van der Waals surface area contributed by atoms with Crippen molar-refractivity contribution in [2.75, 3.05) is 0 Å². The first-order valence-corrected chi connectivity index (χ1v) is 5.05. The Morgan fingerprint density at radius 2 is 1.65 bits per heavy atom. The highest BCUT2D eigenvalue weighted by Gasteiger charge is 1.92. The van der Waals surface area contributed by atoms with Gasteiger partial charge in [-0.05, 0) is 18.2 Å². The topological polar surface area (TPSA) is 56.0 Å². The van der Waals surface area contributed by atoms with Crippen molar-refractivity contribution in [1.82, 2.24) is 9.97 Å². The average Bonchev–Trinajstić information content (AvgIpc) is 2.41. The standard InChI is InChI=1S/C9H6O2.C4H4N2/c10-9-6-5-7-3-1-2-4-8(7)11-9;1-2-5-4-6-3-1/h1-6H;1-4H. The van der Waals surface area contributed by atoms with E-state index in [1.54, 1.807) is 30.6 Å². The minimum absolute atomic E-state index is 0.302. The second-order valence-corrected chi connectivity index (χ2v) is 3.20. The molecule has 0 aliphatic rings. The maximum Gasteiger partial charge on any atom is 0.336 e. The van der Waals surface area contributed by atoms with Crippen molar-refractivity contribution in [3.05, 3.63) is 71.6 Å². The van der Waals surface area contributed by atoms with Crippen LogP contribution in [-0.4, -0.2) is 9.97 Å². The molecule has 84 valence electrons. The lowest BCUT2D eigenvalue weighted by atomic mass is 10.2. The van der Waals surface area contributed by atoms with E-state index in [1.165, 1.54) is 12.4 Å². The number of rotatable bonds is 0. The molecule has 0 saturated carbocycles. The Morgan fingerprint density at radius 3 is 2.29 bits per heavy atom. The molecule has 17 heavy (non-hydrogen) atoms. The number of fused-ring (bicyclic) bond motifs is 1. The van der Waals surface area contributed by atoms with Crippen LogP contribution in [0.1, 0.15) is 0 Å². The first-order chi connectivity index (χ1) is 8.36. The summed E-state index contributed by atoms with van der Waals surface area (Å²) in [4.78, 5) is 18.1. The normalized spacial score (nSPS) is 9.41. The van der Waals surface area contributed by atoms with E-state index in [9.17, 15) is 4.79 Å². The van der Waals surface area contributed by atoms with Crippen LogP contribution in [0.2, 0.25) is 0 Å². The Labute approximate surface area is 97.6 Å². The minimum atomic E-state index is -0.302. The smallest absolute Gasteiger partial charge is 0.336 e. The molecule has 0 radical (unpaired) electrons. The van der Waals surface area contributed by atoms with E-state index in [0.29, 0.717) is 5.58 Å². The van der Waals surface area contributed by atoms with E-state index >= 15 is 0 Å². The Morgan fingerprint density at radius 1 is 0.882 bits per heavy atom. The number of hydrogen-bond donors (Lipinski definition) is 0. The third-order valence-electron chi connectivity index (χ3n) is 2.01. The van der Waals surface area contributed by atoms with E-state index in [4.69, 9.17) is 4.42 Å². The largest absolute Gasteiger partial charge is 0.423 e. The Bertz CT molecular complexity index is 609. The number of hydrogen-bond acceptors (Lipinski definition) is 4. The second kappa shape index (κ2) is 5.55. The van der Waals surface area contributed by atoms with Crippen molar-refractivity contribution in [1.29, 1.82) is 0 Å². The lowest BCUT2D eigenvalue weighted by Gasteiger charge is -1.91. The van der Waals surface area contributed by atoms with Gasteiger partial charge in [-0.2, -0.15) is 0 Å². The van der Waals surface area contributed by atoms with Gasteiger partial charge in [-0.25, -0.2) is 14.8 Å². The van der Waals surface area contributed by atoms with Crippen molar-refractivity contribution in [3.63, 3.8) is 0 Å². The monoisotopic (exact) mass is 226 g/mol. The third kappa shape index (κ3) is 3.24. The van der Waals surface area contributed by atoms with Gasteiger partial charge in [0.05, 0.1) is 0 Å². The molecule has 4 heteroatoms. The van der Waals surface area contributed by atoms with Crippen LogP contribution in [-0.2, 0) is 0 Å². The van der Waals surface area contributed by atoms with Gasteiger partial charge < -0.3 is 4.42 Å². The van der Waals surface area contributed by atoms with Crippen LogP contribution in [0.3, 0.4) is 0 Å². The zero-order valence-electron chi connectivity index (χ0n) is 8.98. The van der Waals surface area contributed by atoms with Gasteiger partial charge in [-0.1, -0.05) is 18.2 Å². The SMILES string of the molecule is O=c1ccc2ccccc2o1.c1cncnc1. The fourth-order valence-corrected chi connectivity index (χ4v) is 1.26. The molecule has 0 aliphatic carbocycles. The molecule has 0 fully saturated rings. The highest BCUT2D eigenvalue weighted by molar-refractivity contribution is 5.75.